The summed E-state index contributed by atoms with van der Waals surface area (Å²) in [5.41, 5.74) is 7.35. The van der Waals surface area contributed by atoms with Crippen molar-refractivity contribution in [1.29, 1.82) is 0 Å². The number of phenolic OH excluding ortho intramolecular Hbond substituents is 1. The van der Waals surface area contributed by atoms with E-state index in [2.05, 4.69) is 12.3 Å². The van der Waals surface area contributed by atoms with Gasteiger partial charge in [0.05, 0.1) is 41.7 Å². The highest BCUT2D eigenvalue weighted by Crippen LogP contribution is 2.61. The Labute approximate surface area is 308 Å². The van der Waals surface area contributed by atoms with Gasteiger partial charge in [-0.3, -0.25) is 29.5 Å². The van der Waals surface area contributed by atoms with Crippen LogP contribution >= 0.6 is 0 Å². The SMILES string of the molecule is CCc1ccc(N2C(=O)C3CC=C4C(CC5C(=O)N(Nc6ccc(C)cc6)C(=O)C5(c5ccccc5)C4C=Cc4ccc(O)c(OC)c4)C3C2=O)cc1. The number of imide groups is 2. The monoisotopic (exact) mass is 707 g/mol. The first-order valence-corrected chi connectivity index (χ1v) is 18.2. The van der Waals surface area contributed by atoms with Gasteiger partial charge in [0.15, 0.2) is 11.5 Å². The number of fused-ring (bicyclic) bond motifs is 4. The van der Waals surface area contributed by atoms with Crippen molar-refractivity contribution in [3.05, 3.63) is 137 Å². The van der Waals surface area contributed by atoms with E-state index in [4.69, 9.17) is 4.74 Å². The van der Waals surface area contributed by atoms with E-state index < -0.39 is 35.0 Å². The van der Waals surface area contributed by atoms with Crippen molar-refractivity contribution in [2.75, 3.05) is 17.4 Å². The van der Waals surface area contributed by atoms with Gasteiger partial charge in [-0.1, -0.05) is 97.0 Å². The molecule has 4 aromatic rings. The van der Waals surface area contributed by atoms with Crippen molar-refractivity contribution in [2.45, 2.75) is 38.5 Å². The third-order valence-corrected chi connectivity index (χ3v) is 11.7. The molecule has 53 heavy (non-hydrogen) atoms. The maximum atomic E-state index is 15.2. The van der Waals surface area contributed by atoms with Gasteiger partial charge in [0.25, 0.3) is 11.8 Å². The molecule has 0 spiro atoms. The zero-order chi connectivity index (χ0) is 37.0. The second-order valence-corrected chi connectivity index (χ2v) is 14.5. The number of methoxy groups -OCH3 is 1. The second kappa shape index (κ2) is 13.2. The lowest BCUT2D eigenvalue weighted by molar-refractivity contribution is -0.139. The molecule has 4 aliphatic rings. The molecule has 2 heterocycles. The Bertz CT molecular complexity index is 2180. The van der Waals surface area contributed by atoms with Gasteiger partial charge in [-0.05, 0) is 85.2 Å². The molecule has 9 nitrogen and oxygen atoms in total. The van der Waals surface area contributed by atoms with Crippen LogP contribution in [-0.4, -0.2) is 40.9 Å². The molecule has 4 amide bonds. The normalized spacial score (nSPS) is 26.4. The lowest BCUT2D eigenvalue weighted by Crippen LogP contribution is -2.54. The molecule has 3 fully saturated rings. The van der Waals surface area contributed by atoms with E-state index in [1.807, 2.05) is 104 Å². The predicted octanol–water partition coefficient (Wildman–Crippen LogP) is 7.01. The number of aromatic hydroxyl groups is 1. The molecule has 0 aromatic heterocycles. The first kappa shape index (κ1) is 34.1. The fourth-order valence-electron chi connectivity index (χ4n) is 9.13. The molecular weight excluding hydrogens is 666 g/mol. The van der Waals surface area contributed by atoms with Crippen LogP contribution in [0.1, 0.15) is 42.0 Å². The summed E-state index contributed by atoms with van der Waals surface area (Å²) in [6.45, 7) is 4.02. The number of benzene rings is 4. The number of carbonyl (C=O) groups is 4. The number of nitrogens with one attached hydrogen (secondary N) is 1. The number of rotatable bonds is 8. The van der Waals surface area contributed by atoms with Crippen molar-refractivity contribution in [3.63, 3.8) is 0 Å². The summed E-state index contributed by atoms with van der Waals surface area (Å²) in [6.07, 6.45) is 7.26. The Balaban J connectivity index is 1.28. The minimum atomic E-state index is -1.36. The number of carbonyl (C=O) groups excluding carboxylic acids is 4. The summed E-state index contributed by atoms with van der Waals surface area (Å²) in [4.78, 5) is 59.9. The molecule has 6 atom stereocenters. The van der Waals surface area contributed by atoms with Gasteiger partial charge in [-0.2, -0.15) is 5.01 Å². The molecule has 268 valence electrons. The van der Waals surface area contributed by atoms with Crippen LogP contribution in [0.3, 0.4) is 0 Å². The summed E-state index contributed by atoms with van der Waals surface area (Å²) in [6, 6.07) is 29.4. The number of hydrazine groups is 1. The van der Waals surface area contributed by atoms with Crippen LogP contribution in [0.15, 0.2) is 115 Å². The number of phenols is 1. The highest BCUT2D eigenvalue weighted by Gasteiger charge is 2.69. The number of hydrogen-bond donors (Lipinski definition) is 2. The minimum Gasteiger partial charge on any atom is -0.504 e. The summed E-state index contributed by atoms with van der Waals surface area (Å²) in [7, 11) is 1.48. The Morgan fingerprint density at radius 3 is 2.32 bits per heavy atom. The van der Waals surface area contributed by atoms with Gasteiger partial charge in [-0.15, -0.1) is 0 Å². The van der Waals surface area contributed by atoms with Gasteiger partial charge in [0.2, 0.25) is 11.8 Å². The molecule has 4 aromatic carbocycles. The van der Waals surface area contributed by atoms with E-state index in [-0.39, 0.29) is 35.8 Å². The Kier molecular flexibility index (Phi) is 8.52. The molecule has 8 rings (SSSR count). The van der Waals surface area contributed by atoms with Crippen molar-refractivity contribution in [3.8, 4) is 11.5 Å². The van der Waals surface area contributed by atoms with Crippen molar-refractivity contribution >= 4 is 41.1 Å². The van der Waals surface area contributed by atoms with Gasteiger partial charge < -0.3 is 9.84 Å². The minimum absolute atomic E-state index is 0.00285. The highest BCUT2D eigenvalue weighted by molar-refractivity contribution is 6.22. The summed E-state index contributed by atoms with van der Waals surface area (Å²) >= 11 is 0. The van der Waals surface area contributed by atoms with Crippen molar-refractivity contribution in [2.24, 2.45) is 29.6 Å². The van der Waals surface area contributed by atoms with E-state index in [1.165, 1.54) is 12.0 Å². The number of hydrogen-bond acceptors (Lipinski definition) is 7. The zero-order valence-corrected chi connectivity index (χ0v) is 29.9. The molecule has 2 saturated heterocycles. The molecule has 6 unspecified atom stereocenters. The van der Waals surface area contributed by atoms with Crippen LogP contribution in [0.4, 0.5) is 11.4 Å². The summed E-state index contributed by atoms with van der Waals surface area (Å²) < 4.78 is 5.38. The first-order chi connectivity index (χ1) is 25.7. The van der Waals surface area contributed by atoms with Crippen molar-refractivity contribution in [1.82, 2.24) is 5.01 Å². The molecule has 2 aliphatic heterocycles. The second-order valence-electron chi connectivity index (χ2n) is 14.5. The maximum absolute atomic E-state index is 15.2. The third-order valence-electron chi connectivity index (χ3n) is 11.7. The van der Waals surface area contributed by atoms with Crippen LogP contribution in [-0.2, 0) is 31.0 Å². The number of amides is 4. The van der Waals surface area contributed by atoms with E-state index in [1.54, 1.807) is 18.2 Å². The topological polar surface area (TPSA) is 116 Å². The number of aryl methyl sites for hydroxylation is 2. The molecule has 0 radical (unpaired) electrons. The summed E-state index contributed by atoms with van der Waals surface area (Å²) in [5, 5.41) is 11.5. The third kappa shape index (κ3) is 5.36. The Morgan fingerprint density at radius 1 is 0.887 bits per heavy atom. The number of anilines is 2. The van der Waals surface area contributed by atoms with Gasteiger partial charge in [0.1, 0.15) is 0 Å². The quantitative estimate of drug-likeness (QED) is 0.150. The van der Waals surface area contributed by atoms with E-state index >= 15 is 4.79 Å². The van der Waals surface area contributed by atoms with Crippen LogP contribution in [0, 0.1) is 36.5 Å². The molecule has 2 N–H and O–H groups in total. The van der Waals surface area contributed by atoms with E-state index in [0.717, 1.165) is 33.7 Å². The maximum Gasteiger partial charge on any atom is 0.260 e. The number of nitrogens with zero attached hydrogens (tertiary/aromatic N) is 2. The first-order valence-electron chi connectivity index (χ1n) is 18.2. The molecular formula is C44H41N3O6. The van der Waals surface area contributed by atoms with Gasteiger partial charge >= 0.3 is 0 Å². The van der Waals surface area contributed by atoms with Crippen LogP contribution in [0.5, 0.6) is 11.5 Å². The fraction of sp³-hybridized carbons (Fsp3) is 0.273. The molecule has 2 aliphatic carbocycles. The molecule has 0 bridgehead atoms. The van der Waals surface area contributed by atoms with Crippen LogP contribution < -0.4 is 15.1 Å². The van der Waals surface area contributed by atoms with Crippen molar-refractivity contribution < 1.29 is 29.0 Å². The van der Waals surface area contributed by atoms with E-state index in [0.29, 0.717) is 29.1 Å². The predicted molar refractivity (Wildman–Crippen MR) is 202 cm³/mol. The average Bonchev–Trinajstić information content (AvgIpc) is 3.56. The number of ether oxygens (including phenoxy) is 1. The molecule has 9 heteroatoms. The standard InChI is InChI=1S/C44H41N3O6/c1-4-27-12-18-31(19-13-27)46-40(49)33-21-20-32-34(39(33)42(46)51)25-36-41(50)47(45-30-16-10-26(2)11-17-30)43(52)44(36,29-8-6-5-7-9-29)35(32)22-14-28-15-23-37(48)38(24-28)53-3/h5-20,22-24,33-36,39,45,48H,4,21,25H2,1-3H3. The number of allylic oxidation sites excluding steroid dienone is 3. The largest absolute Gasteiger partial charge is 0.504 e. The lowest BCUT2D eigenvalue weighted by Gasteiger charge is -2.49. The van der Waals surface area contributed by atoms with E-state index in [9.17, 15) is 19.5 Å². The fourth-order valence-corrected chi connectivity index (χ4v) is 9.13. The van der Waals surface area contributed by atoms with Crippen LogP contribution in [0.2, 0.25) is 0 Å². The summed E-state index contributed by atoms with van der Waals surface area (Å²) in [5.74, 6) is -4.21. The smallest absolute Gasteiger partial charge is 0.260 e. The van der Waals surface area contributed by atoms with Gasteiger partial charge in [-0.25, -0.2) is 0 Å². The Morgan fingerprint density at radius 2 is 1.62 bits per heavy atom. The zero-order valence-electron chi connectivity index (χ0n) is 29.9. The molecule has 1 saturated carbocycles. The lowest BCUT2D eigenvalue weighted by atomic mass is 9.50. The Hall–Kier alpha value is -5.96. The van der Waals surface area contributed by atoms with Crippen LogP contribution in [0.25, 0.3) is 6.08 Å². The van der Waals surface area contributed by atoms with Gasteiger partial charge in [0, 0.05) is 5.92 Å². The average molecular weight is 708 g/mol. The highest BCUT2D eigenvalue weighted by atomic mass is 16.5.